The number of rotatable bonds is 5. The Morgan fingerprint density at radius 2 is 1.39 bits per heavy atom. The van der Waals surface area contributed by atoms with Crippen LogP contribution in [0.15, 0.2) is 30.3 Å². The van der Waals surface area contributed by atoms with Crippen molar-refractivity contribution < 1.29 is 29.7 Å². The smallest absolute Gasteiger partial charge is 0.320 e. The molecule has 0 saturated heterocycles. The largest absolute Gasteiger partial charge is 0.480 e. The zero-order chi connectivity index (χ0) is 18.4. The highest BCUT2D eigenvalue weighted by molar-refractivity contribution is 5.73. The molecule has 0 amide bonds. The maximum atomic E-state index is 10.4. The number of benzene rings is 1. The molecule has 0 aliphatic heterocycles. The summed E-state index contributed by atoms with van der Waals surface area (Å²) in [4.78, 5) is 29.2. The van der Waals surface area contributed by atoms with Gasteiger partial charge in [-0.2, -0.15) is 0 Å². The van der Waals surface area contributed by atoms with Gasteiger partial charge in [0.2, 0.25) is 0 Å². The summed E-state index contributed by atoms with van der Waals surface area (Å²) in [7, 11) is 0. The molecule has 9 N–H and O–H groups in total. The minimum absolute atomic E-state index is 0.278. The van der Waals surface area contributed by atoms with Crippen LogP contribution in [0.4, 0.5) is 0 Å². The van der Waals surface area contributed by atoms with Gasteiger partial charge < -0.3 is 32.5 Å². The molecule has 0 saturated carbocycles. The first-order chi connectivity index (χ1) is 10.6. The fraction of sp³-hybridized carbons (Fsp3) is 0.357. The molecule has 1 aromatic rings. The average molecular weight is 329 g/mol. The van der Waals surface area contributed by atoms with Crippen LogP contribution in [0.25, 0.3) is 0 Å². The molecule has 23 heavy (non-hydrogen) atoms. The van der Waals surface area contributed by atoms with Crippen molar-refractivity contribution in [2.24, 2.45) is 17.2 Å². The molecular formula is C14H23N3O6. The van der Waals surface area contributed by atoms with E-state index in [0.717, 1.165) is 5.56 Å². The van der Waals surface area contributed by atoms with Crippen molar-refractivity contribution in [2.45, 2.75) is 25.4 Å². The van der Waals surface area contributed by atoms with Gasteiger partial charge in [0, 0.05) is 0 Å². The summed E-state index contributed by atoms with van der Waals surface area (Å²) in [5.74, 6) is -2.89. The molecule has 9 nitrogen and oxygen atoms in total. The highest BCUT2D eigenvalue weighted by Crippen LogP contribution is 2.01. The van der Waals surface area contributed by atoms with Gasteiger partial charge in [0.05, 0.1) is 6.54 Å². The maximum Gasteiger partial charge on any atom is 0.320 e. The van der Waals surface area contributed by atoms with Crippen LogP contribution in [0.5, 0.6) is 0 Å². The number of aliphatic carboxylic acids is 3. The Kier molecular flexibility index (Phi) is 13.1. The predicted octanol–water partition coefficient (Wildman–Crippen LogP) is -0.911. The Morgan fingerprint density at radius 1 is 1.00 bits per heavy atom. The summed E-state index contributed by atoms with van der Waals surface area (Å²) in [6.45, 7) is 1.14. The van der Waals surface area contributed by atoms with E-state index in [0.29, 0.717) is 6.42 Å². The number of carboxylic acid groups (broad SMARTS) is 3. The Hall–Kier alpha value is -2.49. The summed E-state index contributed by atoms with van der Waals surface area (Å²) in [5, 5.41) is 24.0. The monoisotopic (exact) mass is 329 g/mol. The molecule has 0 aliphatic rings. The number of nitrogens with two attached hydrogens (primary N) is 3. The van der Waals surface area contributed by atoms with Gasteiger partial charge in [-0.15, -0.1) is 0 Å². The number of carbonyl (C=O) groups is 3. The van der Waals surface area contributed by atoms with Gasteiger partial charge in [0.1, 0.15) is 12.1 Å². The first-order valence-electron chi connectivity index (χ1n) is 6.54. The van der Waals surface area contributed by atoms with Gasteiger partial charge in [-0.05, 0) is 18.9 Å². The van der Waals surface area contributed by atoms with Crippen LogP contribution in [-0.2, 0) is 20.8 Å². The van der Waals surface area contributed by atoms with E-state index in [1.165, 1.54) is 6.92 Å². The van der Waals surface area contributed by atoms with Crippen LogP contribution in [-0.4, -0.2) is 51.9 Å². The molecule has 1 aromatic carbocycles. The normalized spacial score (nSPS) is 11.7. The summed E-state index contributed by atoms with van der Waals surface area (Å²) in [6, 6.07) is 7.81. The van der Waals surface area contributed by atoms with Gasteiger partial charge in [-0.3, -0.25) is 14.4 Å². The zero-order valence-electron chi connectivity index (χ0n) is 12.8. The lowest BCUT2D eigenvalue weighted by Gasteiger charge is -2.04. The fourth-order valence-corrected chi connectivity index (χ4v) is 0.955. The molecule has 130 valence electrons. The molecule has 9 heteroatoms. The first kappa shape index (κ1) is 22.8. The Bertz CT molecular complexity index is 479. The maximum absolute atomic E-state index is 10.4. The van der Waals surface area contributed by atoms with Crippen molar-refractivity contribution in [3.05, 3.63) is 35.9 Å². The van der Waals surface area contributed by atoms with Crippen LogP contribution in [0.1, 0.15) is 12.5 Å². The van der Waals surface area contributed by atoms with E-state index in [4.69, 9.17) is 26.8 Å². The molecule has 0 unspecified atom stereocenters. The second-order valence-electron chi connectivity index (χ2n) is 4.36. The van der Waals surface area contributed by atoms with Gasteiger partial charge in [-0.25, -0.2) is 0 Å². The van der Waals surface area contributed by atoms with Crippen molar-refractivity contribution in [1.82, 2.24) is 0 Å². The quantitative estimate of drug-likeness (QED) is 0.397. The molecule has 2 atom stereocenters. The van der Waals surface area contributed by atoms with E-state index in [1.807, 2.05) is 30.3 Å². The van der Waals surface area contributed by atoms with Crippen molar-refractivity contribution in [3.8, 4) is 0 Å². The van der Waals surface area contributed by atoms with Crippen LogP contribution >= 0.6 is 0 Å². The van der Waals surface area contributed by atoms with Crippen molar-refractivity contribution >= 4 is 17.9 Å². The third kappa shape index (κ3) is 15.7. The Labute approximate surface area is 133 Å². The third-order valence-electron chi connectivity index (χ3n) is 2.18. The number of carboxylic acids is 3. The first-order valence-corrected chi connectivity index (χ1v) is 6.54. The lowest BCUT2D eigenvalue weighted by molar-refractivity contribution is -0.139. The van der Waals surface area contributed by atoms with E-state index in [1.54, 1.807) is 0 Å². The molecular weight excluding hydrogens is 306 g/mol. The molecule has 0 aromatic heterocycles. The minimum Gasteiger partial charge on any atom is -0.480 e. The summed E-state index contributed by atoms with van der Waals surface area (Å²) >= 11 is 0. The zero-order valence-corrected chi connectivity index (χ0v) is 12.8. The lowest BCUT2D eigenvalue weighted by Crippen LogP contribution is -2.32. The highest BCUT2D eigenvalue weighted by atomic mass is 16.4. The second-order valence-corrected chi connectivity index (χ2v) is 4.36. The molecule has 0 heterocycles. The van der Waals surface area contributed by atoms with Crippen LogP contribution in [0.2, 0.25) is 0 Å². The molecule has 1 rings (SSSR count). The number of hydrogen-bond donors (Lipinski definition) is 6. The van der Waals surface area contributed by atoms with Gasteiger partial charge >= 0.3 is 17.9 Å². The molecule has 0 spiro atoms. The van der Waals surface area contributed by atoms with Crippen molar-refractivity contribution in [1.29, 1.82) is 0 Å². The van der Waals surface area contributed by atoms with Crippen molar-refractivity contribution in [2.75, 3.05) is 6.54 Å². The fourth-order valence-electron chi connectivity index (χ4n) is 0.955. The Balaban J connectivity index is 0. The molecule has 0 fully saturated rings. The number of hydrogen-bond acceptors (Lipinski definition) is 6. The van der Waals surface area contributed by atoms with Gasteiger partial charge in [-0.1, -0.05) is 30.3 Å². The van der Waals surface area contributed by atoms with Crippen LogP contribution in [0.3, 0.4) is 0 Å². The summed E-state index contributed by atoms with van der Waals surface area (Å²) in [5.41, 5.74) is 15.7. The SMILES string of the molecule is C[C@H](N)C(=O)O.NCC(=O)O.N[C@@H](Cc1ccccc1)C(=O)O. The average Bonchev–Trinajstić information content (AvgIpc) is 2.49. The topological polar surface area (TPSA) is 190 Å². The molecule has 0 radical (unpaired) electrons. The lowest BCUT2D eigenvalue weighted by atomic mass is 10.1. The molecule has 0 bridgehead atoms. The minimum atomic E-state index is -0.968. The van der Waals surface area contributed by atoms with Crippen LogP contribution < -0.4 is 17.2 Å². The van der Waals surface area contributed by atoms with E-state index < -0.39 is 30.0 Å². The van der Waals surface area contributed by atoms with Crippen LogP contribution in [0, 0.1) is 0 Å². The Morgan fingerprint density at radius 3 is 1.65 bits per heavy atom. The van der Waals surface area contributed by atoms with Gasteiger partial charge in [0.15, 0.2) is 0 Å². The predicted molar refractivity (Wildman–Crippen MR) is 83.7 cm³/mol. The van der Waals surface area contributed by atoms with E-state index in [-0.39, 0.29) is 6.54 Å². The van der Waals surface area contributed by atoms with E-state index >= 15 is 0 Å². The third-order valence-corrected chi connectivity index (χ3v) is 2.18. The standard InChI is InChI=1S/C9H11NO2.C3H7NO2.C2H5NO2/c10-8(9(11)12)6-7-4-2-1-3-5-7;1-2(4)3(5)6;3-1-2(4)5/h1-5,8H,6,10H2,(H,11,12);2H,4H2,1H3,(H,5,6);1,3H2,(H,4,5)/t8-;2-;/m00./s1. The summed E-state index contributed by atoms with van der Waals surface area (Å²) < 4.78 is 0. The van der Waals surface area contributed by atoms with Gasteiger partial charge in [0.25, 0.3) is 0 Å². The van der Waals surface area contributed by atoms with E-state index in [2.05, 4.69) is 5.73 Å². The van der Waals surface area contributed by atoms with Crippen molar-refractivity contribution in [3.63, 3.8) is 0 Å². The summed E-state index contributed by atoms with van der Waals surface area (Å²) in [6.07, 6.45) is 0.385. The highest BCUT2D eigenvalue weighted by Gasteiger charge is 2.10. The van der Waals surface area contributed by atoms with E-state index in [9.17, 15) is 14.4 Å². The molecule has 0 aliphatic carbocycles. The second kappa shape index (κ2) is 13.2.